The van der Waals surface area contributed by atoms with Crippen LogP contribution in [0.4, 0.5) is 15.8 Å². The van der Waals surface area contributed by atoms with Crippen molar-refractivity contribution in [2.24, 2.45) is 0 Å². The summed E-state index contributed by atoms with van der Waals surface area (Å²) in [6, 6.07) is 11.3. The number of carbonyl (C=O) groups excluding carboxylic acids is 2. The number of halogens is 2. The van der Waals surface area contributed by atoms with Crippen molar-refractivity contribution in [3.05, 3.63) is 58.3 Å². The zero-order valence-corrected chi connectivity index (χ0v) is 15.1. The minimum Gasteiger partial charge on any atom is -0.326 e. The fraction of sp³-hybridized carbons (Fsp3) is 0.222. The van der Waals surface area contributed by atoms with E-state index in [2.05, 4.69) is 21.2 Å². The lowest BCUT2D eigenvalue weighted by atomic mass is 10.2. The lowest BCUT2D eigenvalue weighted by Crippen LogP contribution is -2.32. The van der Waals surface area contributed by atoms with Crippen LogP contribution >= 0.6 is 15.9 Å². The molecule has 0 unspecified atom stereocenters. The summed E-state index contributed by atoms with van der Waals surface area (Å²) in [6.45, 7) is 3.65. The molecule has 6 heteroatoms. The molecule has 0 saturated carbocycles. The van der Waals surface area contributed by atoms with Crippen molar-refractivity contribution in [2.75, 3.05) is 16.8 Å². The monoisotopic (exact) mass is 392 g/mol. The van der Waals surface area contributed by atoms with E-state index in [-0.39, 0.29) is 24.8 Å². The fourth-order valence-corrected chi connectivity index (χ4v) is 2.99. The van der Waals surface area contributed by atoms with Crippen molar-refractivity contribution in [3.8, 4) is 0 Å². The van der Waals surface area contributed by atoms with Crippen LogP contribution in [-0.4, -0.2) is 18.4 Å². The van der Waals surface area contributed by atoms with Gasteiger partial charge in [-0.15, -0.1) is 0 Å². The number of nitrogens with one attached hydrogen (secondary N) is 1. The number of amides is 2. The lowest BCUT2D eigenvalue weighted by Gasteiger charge is -2.22. The summed E-state index contributed by atoms with van der Waals surface area (Å²) >= 11 is 3.45. The highest BCUT2D eigenvalue weighted by molar-refractivity contribution is 9.10. The van der Waals surface area contributed by atoms with Gasteiger partial charge in [-0.2, -0.15) is 0 Å². The number of rotatable bonds is 5. The van der Waals surface area contributed by atoms with Gasteiger partial charge >= 0.3 is 0 Å². The van der Waals surface area contributed by atoms with Crippen molar-refractivity contribution >= 4 is 39.1 Å². The van der Waals surface area contributed by atoms with Crippen molar-refractivity contribution in [2.45, 2.75) is 20.3 Å². The van der Waals surface area contributed by atoms with E-state index in [1.807, 2.05) is 25.1 Å². The Morgan fingerprint density at radius 2 is 1.96 bits per heavy atom. The van der Waals surface area contributed by atoms with Crippen LogP contribution in [0.25, 0.3) is 0 Å². The number of hydrogen-bond donors (Lipinski definition) is 1. The smallest absolute Gasteiger partial charge is 0.226 e. The Bertz CT molecular complexity index is 764. The van der Waals surface area contributed by atoms with Gasteiger partial charge in [0.05, 0.1) is 5.69 Å². The fourth-order valence-electron chi connectivity index (χ4n) is 2.28. The molecule has 0 heterocycles. The minimum atomic E-state index is -0.415. The van der Waals surface area contributed by atoms with E-state index in [0.717, 1.165) is 10.0 Å². The molecule has 4 nitrogen and oxygen atoms in total. The van der Waals surface area contributed by atoms with E-state index < -0.39 is 5.82 Å². The highest BCUT2D eigenvalue weighted by Gasteiger charge is 2.16. The van der Waals surface area contributed by atoms with Crippen LogP contribution in [0.5, 0.6) is 0 Å². The van der Waals surface area contributed by atoms with E-state index in [4.69, 9.17) is 0 Å². The molecule has 2 aromatic carbocycles. The van der Waals surface area contributed by atoms with E-state index in [1.54, 1.807) is 6.07 Å². The van der Waals surface area contributed by atoms with E-state index >= 15 is 0 Å². The average molecular weight is 393 g/mol. The number of hydrogen-bond acceptors (Lipinski definition) is 2. The Morgan fingerprint density at radius 1 is 1.21 bits per heavy atom. The topological polar surface area (TPSA) is 49.4 Å². The summed E-state index contributed by atoms with van der Waals surface area (Å²) in [6.07, 6.45) is 0.108. The first-order chi connectivity index (χ1) is 11.4. The number of anilines is 2. The molecule has 0 aliphatic carbocycles. The molecule has 0 radical (unpaired) electrons. The third-order valence-corrected chi connectivity index (χ3v) is 4.08. The Balaban J connectivity index is 2.03. The molecule has 0 aliphatic heterocycles. The maximum absolute atomic E-state index is 13.1. The van der Waals surface area contributed by atoms with Gasteiger partial charge in [0.25, 0.3) is 0 Å². The third kappa shape index (κ3) is 4.89. The quantitative estimate of drug-likeness (QED) is 0.825. The highest BCUT2D eigenvalue weighted by Crippen LogP contribution is 2.27. The van der Waals surface area contributed by atoms with E-state index in [0.29, 0.717) is 11.4 Å². The SMILES string of the molecule is CC(=O)N(CCC(=O)Nc1cccc(F)c1)c1ccc(C)cc1Br. The average Bonchev–Trinajstić information content (AvgIpc) is 2.49. The second-order valence-electron chi connectivity index (χ2n) is 5.43. The molecular weight excluding hydrogens is 375 g/mol. The normalized spacial score (nSPS) is 10.3. The summed E-state index contributed by atoms with van der Waals surface area (Å²) in [5.74, 6) is -0.852. The van der Waals surface area contributed by atoms with Gasteiger partial charge in [-0.1, -0.05) is 12.1 Å². The van der Waals surface area contributed by atoms with Gasteiger partial charge < -0.3 is 10.2 Å². The largest absolute Gasteiger partial charge is 0.326 e. The van der Waals surface area contributed by atoms with Crippen molar-refractivity contribution in [3.63, 3.8) is 0 Å². The molecule has 0 bridgehead atoms. The highest BCUT2D eigenvalue weighted by atomic mass is 79.9. The van der Waals surface area contributed by atoms with Crippen LogP contribution in [0.3, 0.4) is 0 Å². The van der Waals surface area contributed by atoms with Crippen molar-refractivity contribution in [1.29, 1.82) is 0 Å². The van der Waals surface area contributed by atoms with Crippen LogP contribution < -0.4 is 10.2 Å². The zero-order chi connectivity index (χ0) is 17.7. The summed E-state index contributed by atoms with van der Waals surface area (Å²) in [5, 5.41) is 2.62. The van der Waals surface area contributed by atoms with Crippen LogP contribution in [0.1, 0.15) is 18.9 Å². The van der Waals surface area contributed by atoms with Gasteiger partial charge in [-0.05, 0) is 58.7 Å². The second kappa shape index (κ2) is 8.06. The molecule has 0 aromatic heterocycles. The molecular formula is C18H18BrFN2O2. The number of carbonyl (C=O) groups is 2. The van der Waals surface area contributed by atoms with Crippen LogP contribution in [-0.2, 0) is 9.59 Å². The van der Waals surface area contributed by atoms with E-state index in [9.17, 15) is 14.0 Å². The first-order valence-electron chi connectivity index (χ1n) is 7.46. The van der Waals surface area contributed by atoms with Crippen molar-refractivity contribution in [1.82, 2.24) is 0 Å². The Labute approximate surface area is 148 Å². The molecule has 2 rings (SSSR count). The van der Waals surface area contributed by atoms with Gasteiger partial charge in [0.15, 0.2) is 0 Å². The summed E-state index contributed by atoms with van der Waals surface area (Å²) in [4.78, 5) is 25.5. The summed E-state index contributed by atoms with van der Waals surface area (Å²) < 4.78 is 13.9. The van der Waals surface area contributed by atoms with Gasteiger partial charge in [0.1, 0.15) is 5.82 Å². The summed E-state index contributed by atoms with van der Waals surface area (Å²) in [7, 11) is 0. The molecule has 24 heavy (non-hydrogen) atoms. The minimum absolute atomic E-state index is 0.108. The maximum atomic E-state index is 13.1. The molecule has 1 N–H and O–H groups in total. The molecule has 0 saturated heterocycles. The lowest BCUT2D eigenvalue weighted by molar-refractivity contribution is -0.117. The number of benzene rings is 2. The molecule has 0 aliphatic rings. The Kier molecular flexibility index (Phi) is 6.09. The van der Waals surface area contributed by atoms with Crippen molar-refractivity contribution < 1.29 is 14.0 Å². The first-order valence-corrected chi connectivity index (χ1v) is 8.26. The predicted octanol–water partition coefficient (Wildman–Crippen LogP) is 4.28. The maximum Gasteiger partial charge on any atom is 0.226 e. The molecule has 0 fully saturated rings. The predicted molar refractivity (Wildman–Crippen MR) is 96.6 cm³/mol. The van der Waals surface area contributed by atoms with Crippen LogP contribution in [0, 0.1) is 12.7 Å². The summed E-state index contributed by atoms with van der Waals surface area (Å²) in [5.41, 5.74) is 2.18. The molecule has 2 amide bonds. The van der Waals surface area contributed by atoms with Gasteiger partial charge in [0, 0.05) is 30.0 Å². The zero-order valence-electron chi connectivity index (χ0n) is 13.5. The van der Waals surface area contributed by atoms with Gasteiger partial charge in [-0.25, -0.2) is 4.39 Å². The van der Waals surface area contributed by atoms with Gasteiger partial charge in [0.2, 0.25) is 11.8 Å². The van der Waals surface area contributed by atoms with E-state index in [1.165, 1.54) is 30.0 Å². The van der Waals surface area contributed by atoms with Crippen LogP contribution in [0.15, 0.2) is 46.9 Å². The molecule has 2 aromatic rings. The molecule has 126 valence electrons. The Morgan fingerprint density at radius 3 is 2.58 bits per heavy atom. The molecule has 0 spiro atoms. The standard InChI is InChI=1S/C18H18BrFN2O2/c1-12-6-7-17(16(19)10-12)22(13(2)23)9-8-18(24)21-15-5-3-4-14(20)11-15/h3-7,10-11H,8-9H2,1-2H3,(H,21,24). The molecule has 0 atom stereocenters. The Hall–Kier alpha value is -2.21. The van der Waals surface area contributed by atoms with Gasteiger partial charge in [-0.3, -0.25) is 9.59 Å². The number of aryl methyl sites for hydroxylation is 1. The first kappa shape index (κ1) is 18.1. The number of nitrogens with zero attached hydrogens (tertiary/aromatic N) is 1. The van der Waals surface area contributed by atoms with Crippen LogP contribution in [0.2, 0.25) is 0 Å². The second-order valence-corrected chi connectivity index (χ2v) is 6.29. The third-order valence-electron chi connectivity index (χ3n) is 3.44.